The predicted octanol–water partition coefficient (Wildman–Crippen LogP) is 4.64. The number of carbonyl (C=O) groups excluding carboxylic acids is 1. The number of rotatable bonds is 5. The lowest BCUT2D eigenvalue weighted by atomic mass is 10.2. The SMILES string of the molecule is [2H]/C(=C(/[2H])c1[nH]nc2cc(Sc3ccccc3C(=O)NC)ccc12)c1ccccn1. The molecule has 2 N–H and O–H groups in total. The van der Waals surface area contributed by atoms with Gasteiger partial charge in [-0.25, -0.2) is 0 Å². The summed E-state index contributed by atoms with van der Waals surface area (Å²) in [7, 11) is 1.61. The van der Waals surface area contributed by atoms with E-state index < -0.39 is 0 Å². The van der Waals surface area contributed by atoms with Crippen LogP contribution in [0.15, 0.2) is 76.7 Å². The van der Waals surface area contributed by atoms with Gasteiger partial charge in [-0.2, -0.15) is 5.10 Å². The van der Waals surface area contributed by atoms with Crippen molar-refractivity contribution in [2.45, 2.75) is 9.79 Å². The van der Waals surface area contributed by atoms with Crippen LogP contribution in [0.4, 0.5) is 0 Å². The zero-order chi connectivity index (χ0) is 21.1. The van der Waals surface area contributed by atoms with Crippen LogP contribution in [0.3, 0.4) is 0 Å². The molecule has 0 fully saturated rings. The molecule has 2 aromatic carbocycles. The first kappa shape index (κ1) is 15.7. The summed E-state index contributed by atoms with van der Waals surface area (Å²) >= 11 is 1.47. The van der Waals surface area contributed by atoms with Gasteiger partial charge in [0.05, 0.1) is 25.2 Å². The molecular formula is C22H18N4OS. The van der Waals surface area contributed by atoms with E-state index in [2.05, 4.69) is 20.5 Å². The zero-order valence-corrected chi connectivity index (χ0v) is 15.9. The summed E-state index contributed by atoms with van der Waals surface area (Å²) in [5.74, 6) is -0.136. The second-order valence-electron chi connectivity index (χ2n) is 5.92. The highest BCUT2D eigenvalue weighted by atomic mass is 32.2. The molecule has 1 amide bonds. The van der Waals surface area contributed by atoms with Gasteiger partial charge < -0.3 is 5.32 Å². The van der Waals surface area contributed by atoms with Crippen molar-refractivity contribution >= 4 is 40.7 Å². The number of aromatic nitrogens is 3. The van der Waals surface area contributed by atoms with E-state index in [9.17, 15) is 4.79 Å². The monoisotopic (exact) mass is 388 g/mol. The summed E-state index contributed by atoms with van der Waals surface area (Å²) in [6, 6.07) is 18.4. The molecule has 0 saturated carbocycles. The molecule has 4 aromatic rings. The van der Waals surface area contributed by atoms with Gasteiger partial charge in [-0.15, -0.1) is 0 Å². The van der Waals surface area contributed by atoms with E-state index in [0.29, 0.717) is 22.5 Å². The number of nitrogens with one attached hydrogen (secondary N) is 2. The van der Waals surface area contributed by atoms with Crippen LogP contribution in [0, 0.1) is 0 Å². The van der Waals surface area contributed by atoms with E-state index in [4.69, 9.17) is 2.74 Å². The molecule has 0 atom stereocenters. The number of benzene rings is 2. The Bertz CT molecular complexity index is 1250. The summed E-state index contributed by atoms with van der Waals surface area (Å²) in [4.78, 5) is 18.0. The first-order chi connectivity index (χ1) is 14.6. The maximum absolute atomic E-state index is 12.1. The second kappa shape index (κ2) is 8.10. The lowest BCUT2D eigenvalue weighted by Gasteiger charge is -2.07. The van der Waals surface area contributed by atoms with Crippen molar-refractivity contribution in [3.63, 3.8) is 0 Å². The molecule has 0 saturated heterocycles. The smallest absolute Gasteiger partial charge is 0.252 e. The fraction of sp³-hybridized carbons (Fsp3) is 0.0455. The maximum atomic E-state index is 12.1. The van der Waals surface area contributed by atoms with Gasteiger partial charge in [-0.05, 0) is 54.6 Å². The molecule has 0 spiro atoms. The number of H-pyrrole nitrogens is 1. The number of aromatic amines is 1. The van der Waals surface area contributed by atoms with Crippen LogP contribution in [0.25, 0.3) is 23.0 Å². The van der Waals surface area contributed by atoms with Gasteiger partial charge in [-0.1, -0.05) is 30.0 Å². The Morgan fingerprint density at radius 1 is 1.14 bits per heavy atom. The van der Waals surface area contributed by atoms with Crippen LogP contribution in [0.5, 0.6) is 0 Å². The lowest BCUT2D eigenvalue weighted by molar-refractivity contribution is 0.0960. The van der Waals surface area contributed by atoms with Crippen molar-refractivity contribution in [2.24, 2.45) is 0 Å². The minimum absolute atomic E-state index is 0.0270. The second-order valence-corrected chi connectivity index (χ2v) is 7.04. The van der Waals surface area contributed by atoms with E-state index in [-0.39, 0.29) is 18.0 Å². The Morgan fingerprint density at radius 2 is 2.00 bits per heavy atom. The van der Waals surface area contributed by atoms with Crippen LogP contribution in [0.1, 0.15) is 24.5 Å². The van der Waals surface area contributed by atoms with Crippen molar-refractivity contribution in [1.82, 2.24) is 20.5 Å². The van der Waals surface area contributed by atoms with Crippen molar-refractivity contribution < 1.29 is 7.54 Å². The van der Waals surface area contributed by atoms with Gasteiger partial charge in [0, 0.05) is 28.4 Å². The molecule has 2 aromatic heterocycles. The van der Waals surface area contributed by atoms with Crippen molar-refractivity contribution in [2.75, 3.05) is 7.05 Å². The van der Waals surface area contributed by atoms with Crippen LogP contribution in [0.2, 0.25) is 0 Å². The number of hydrogen-bond acceptors (Lipinski definition) is 4. The third-order valence-electron chi connectivity index (χ3n) is 4.09. The Morgan fingerprint density at radius 3 is 2.82 bits per heavy atom. The van der Waals surface area contributed by atoms with Crippen LogP contribution in [-0.2, 0) is 0 Å². The minimum Gasteiger partial charge on any atom is -0.355 e. The highest BCUT2D eigenvalue weighted by molar-refractivity contribution is 7.99. The lowest BCUT2D eigenvalue weighted by Crippen LogP contribution is -2.18. The molecule has 28 heavy (non-hydrogen) atoms. The van der Waals surface area contributed by atoms with Crippen molar-refractivity contribution in [3.05, 3.63) is 83.8 Å². The molecule has 0 bridgehead atoms. The van der Waals surface area contributed by atoms with Gasteiger partial charge in [0.25, 0.3) is 5.91 Å². The molecule has 2 heterocycles. The minimum atomic E-state index is -0.136. The third-order valence-corrected chi connectivity index (χ3v) is 5.16. The van der Waals surface area contributed by atoms with E-state index in [0.717, 1.165) is 15.2 Å². The third kappa shape index (κ3) is 3.82. The summed E-state index contributed by atoms with van der Waals surface area (Å²) < 4.78 is 16.7. The van der Waals surface area contributed by atoms with Crippen molar-refractivity contribution in [1.29, 1.82) is 0 Å². The molecule has 0 aliphatic heterocycles. The van der Waals surface area contributed by atoms with Crippen LogP contribution < -0.4 is 5.32 Å². The number of pyridine rings is 1. The van der Waals surface area contributed by atoms with E-state index in [1.807, 2.05) is 36.4 Å². The van der Waals surface area contributed by atoms with Gasteiger partial charge in [0.15, 0.2) is 0 Å². The van der Waals surface area contributed by atoms with E-state index in [1.54, 1.807) is 37.5 Å². The average Bonchev–Trinajstić information content (AvgIpc) is 3.21. The molecule has 0 aliphatic carbocycles. The molecule has 6 heteroatoms. The largest absolute Gasteiger partial charge is 0.355 e. The first-order valence-corrected chi connectivity index (χ1v) is 9.46. The van der Waals surface area contributed by atoms with Crippen LogP contribution in [-0.4, -0.2) is 28.1 Å². The van der Waals surface area contributed by atoms with Gasteiger partial charge in [0.1, 0.15) is 0 Å². The fourth-order valence-corrected chi connectivity index (χ4v) is 3.70. The van der Waals surface area contributed by atoms with Crippen LogP contribution >= 0.6 is 11.8 Å². The molecule has 138 valence electrons. The highest BCUT2D eigenvalue weighted by Gasteiger charge is 2.11. The quantitative estimate of drug-likeness (QED) is 0.522. The number of carbonyl (C=O) groups is 1. The van der Waals surface area contributed by atoms with E-state index >= 15 is 0 Å². The molecule has 4 rings (SSSR count). The fourth-order valence-electron chi connectivity index (χ4n) is 2.72. The normalized spacial score (nSPS) is 12.9. The Kier molecular flexibility index (Phi) is 4.53. The molecule has 5 nitrogen and oxygen atoms in total. The average molecular weight is 388 g/mol. The number of hydrogen-bond donors (Lipinski definition) is 2. The molecule has 0 aliphatic rings. The topological polar surface area (TPSA) is 70.7 Å². The van der Waals surface area contributed by atoms with Crippen molar-refractivity contribution in [3.8, 4) is 0 Å². The standard InChI is InChI=1S/C22H18N4OS/c1-23-22(27)18-7-2-3-8-21(18)28-16-10-11-17-19(25-26-20(17)14-16)12-9-15-6-4-5-13-24-15/h2-14H,1H3,(H,23,27)(H,25,26)/b12-9+/i9D,12D. The first-order valence-electron chi connectivity index (χ1n) is 9.65. The maximum Gasteiger partial charge on any atom is 0.252 e. The molecule has 0 radical (unpaired) electrons. The summed E-state index contributed by atoms with van der Waals surface area (Å²) in [6.45, 7) is 0. The van der Waals surface area contributed by atoms with Gasteiger partial charge in [-0.3, -0.25) is 14.9 Å². The summed E-state index contributed by atoms with van der Waals surface area (Å²) in [5, 5.41) is 10.6. The summed E-state index contributed by atoms with van der Waals surface area (Å²) in [6.07, 6.45) is 1.60. The summed E-state index contributed by atoms with van der Waals surface area (Å²) in [5.41, 5.74) is 2.20. The van der Waals surface area contributed by atoms with Gasteiger partial charge in [0.2, 0.25) is 0 Å². The predicted molar refractivity (Wildman–Crippen MR) is 113 cm³/mol. The number of amides is 1. The van der Waals surface area contributed by atoms with Gasteiger partial charge >= 0.3 is 0 Å². The Hall–Kier alpha value is -3.38. The number of nitrogens with zero attached hydrogens (tertiary/aromatic N) is 2. The Balaban J connectivity index is 1.68. The Labute approximate surface area is 169 Å². The zero-order valence-electron chi connectivity index (χ0n) is 17.1. The number of fused-ring (bicyclic) bond motifs is 1. The molecule has 0 unspecified atom stereocenters. The van der Waals surface area contributed by atoms with E-state index in [1.165, 1.54) is 11.8 Å². The molecular weight excluding hydrogens is 368 g/mol. The highest BCUT2D eigenvalue weighted by Crippen LogP contribution is 2.32.